The summed E-state index contributed by atoms with van der Waals surface area (Å²) in [6.07, 6.45) is 5.56. The standard InChI is InChI=1S/C11H17N3O/c1-4-5-11(14-12-2)9-6-10(15-3)8-13-7-9/h6-8,11H,4-5H2,1-3H3. The van der Waals surface area contributed by atoms with Gasteiger partial charge in [-0.2, -0.15) is 10.2 Å². The van der Waals surface area contributed by atoms with E-state index in [0.717, 1.165) is 24.2 Å². The predicted molar refractivity (Wildman–Crippen MR) is 59.2 cm³/mol. The third-order valence-electron chi connectivity index (χ3n) is 2.17. The van der Waals surface area contributed by atoms with Crippen molar-refractivity contribution in [3.05, 3.63) is 24.0 Å². The van der Waals surface area contributed by atoms with Gasteiger partial charge in [-0.3, -0.25) is 4.98 Å². The van der Waals surface area contributed by atoms with Gasteiger partial charge >= 0.3 is 0 Å². The number of rotatable bonds is 5. The largest absolute Gasteiger partial charge is 0.495 e. The molecule has 4 nitrogen and oxygen atoms in total. The Bertz CT molecular complexity index is 325. The van der Waals surface area contributed by atoms with Crippen LogP contribution in [0.15, 0.2) is 28.7 Å². The molecule has 1 aromatic rings. The van der Waals surface area contributed by atoms with Gasteiger partial charge in [0.05, 0.1) is 19.3 Å². The van der Waals surface area contributed by atoms with Crippen molar-refractivity contribution < 1.29 is 4.74 Å². The summed E-state index contributed by atoms with van der Waals surface area (Å²) in [7, 11) is 3.33. The summed E-state index contributed by atoms with van der Waals surface area (Å²) in [5, 5.41) is 8.03. The Balaban J connectivity index is 2.89. The molecule has 0 radical (unpaired) electrons. The first-order valence-corrected chi connectivity index (χ1v) is 5.09. The number of hydrogen-bond acceptors (Lipinski definition) is 4. The van der Waals surface area contributed by atoms with Crippen molar-refractivity contribution in [2.75, 3.05) is 14.2 Å². The summed E-state index contributed by atoms with van der Waals surface area (Å²) >= 11 is 0. The number of nitrogens with zero attached hydrogens (tertiary/aromatic N) is 3. The number of aromatic nitrogens is 1. The van der Waals surface area contributed by atoms with Crippen LogP contribution in [0.4, 0.5) is 0 Å². The SMILES string of the molecule is CCCC(N=NC)c1cncc(OC)c1. The lowest BCUT2D eigenvalue weighted by molar-refractivity contribution is 0.411. The number of azo groups is 1. The van der Waals surface area contributed by atoms with Gasteiger partial charge < -0.3 is 4.74 Å². The highest BCUT2D eigenvalue weighted by molar-refractivity contribution is 5.25. The Hall–Kier alpha value is -1.45. The van der Waals surface area contributed by atoms with Crippen molar-refractivity contribution in [1.82, 2.24) is 4.98 Å². The lowest BCUT2D eigenvalue weighted by Gasteiger charge is -2.10. The fraction of sp³-hybridized carbons (Fsp3) is 0.545. The average molecular weight is 207 g/mol. The van der Waals surface area contributed by atoms with E-state index in [1.54, 1.807) is 20.4 Å². The third-order valence-corrected chi connectivity index (χ3v) is 2.17. The maximum absolute atomic E-state index is 5.13. The van der Waals surface area contributed by atoms with Crippen molar-refractivity contribution in [1.29, 1.82) is 0 Å². The van der Waals surface area contributed by atoms with E-state index in [0.29, 0.717) is 0 Å². The van der Waals surface area contributed by atoms with Crippen molar-refractivity contribution in [3.8, 4) is 5.75 Å². The topological polar surface area (TPSA) is 46.8 Å². The molecule has 0 N–H and O–H groups in total. The molecule has 0 saturated carbocycles. The predicted octanol–water partition coefficient (Wildman–Crippen LogP) is 3.01. The first-order chi connectivity index (χ1) is 7.31. The Morgan fingerprint density at radius 1 is 1.47 bits per heavy atom. The van der Waals surface area contributed by atoms with Gasteiger partial charge in [-0.15, -0.1) is 0 Å². The van der Waals surface area contributed by atoms with Crippen LogP contribution in [0.25, 0.3) is 0 Å². The number of hydrogen-bond donors (Lipinski definition) is 0. The molecule has 1 heterocycles. The van der Waals surface area contributed by atoms with Crippen molar-refractivity contribution in [2.45, 2.75) is 25.8 Å². The highest BCUT2D eigenvalue weighted by atomic mass is 16.5. The molecule has 0 amide bonds. The fourth-order valence-electron chi connectivity index (χ4n) is 1.43. The summed E-state index contributed by atoms with van der Waals surface area (Å²) in [5.41, 5.74) is 1.06. The highest BCUT2D eigenvalue weighted by Crippen LogP contribution is 2.24. The number of methoxy groups -OCH3 is 1. The van der Waals surface area contributed by atoms with Crippen LogP contribution in [0.3, 0.4) is 0 Å². The van der Waals surface area contributed by atoms with E-state index in [2.05, 4.69) is 22.1 Å². The molecule has 15 heavy (non-hydrogen) atoms. The van der Waals surface area contributed by atoms with Crippen LogP contribution in [-0.2, 0) is 0 Å². The maximum atomic E-state index is 5.13. The Morgan fingerprint density at radius 3 is 2.87 bits per heavy atom. The molecule has 4 heteroatoms. The molecule has 1 rings (SSSR count). The minimum atomic E-state index is 0.0996. The second-order valence-corrected chi connectivity index (χ2v) is 3.28. The molecule has 0 fully saturated rings. The lowest BCUT2D eigenvalue weighted by atomic mass is 10.1. The lowest BCUT2D eigenvalue weighted by Crippen LogP contribution is -1.96. The second kappa shape index (κ2) is 6.11. The summed E-state index contributed by atoms with van der Waals surface area (Å²) < 4.78 is 5.13. The van der Waals surface area contributed by atoms with Crippen molar-refractivity contribution in [2.24, 2.45) is 10.2 Å². The molecule has 1 aromatic heterocycles. The maximum Gasteiger partial charge on any atom is 0.137 e. The van der Waals surface area contributed by atoms with Crippen molar-refractivity contribution in [3.63, 3.8) is 0 Å². The zero-order valence-electron chi connectivity index (χ0n) is 9.47. The Labute approximate surface area is 90.4 Å². The van der Waals surface area contributed by atoms with Crippen LogP contribution in [0, 0.1) is 0 Å². The van der Waals surface area contributed by atoms with Crippen LogP contribution in [0.5, 0.6) is 5.75 Å². The van der Waals surface area contributed by atoms with Gasteiger partial charge in [0, 0.05) is 18.8 Å². The van der Waals surface area contributed by atoms with Crippen LogP contribution in [0.1, 0.15) is 31.4 Å². The van der Waals surface area contributed by atoms with Gasteiger partial charge in [0.2, 0.25) is 0 Å². The second-order valence-electron chi connectivity index (χ2n) is 3.28. The van der Waals surface area contributed by atoms with E-state index in [1.807, 2.05) is 12.3 Å². The summed E-state index contributed by atoms with van der Waals surface area (Å²) in [6.45, 7) is 2.13. The minimum absolute atomic E-state index is 0.0996. The molecular formula is C11H17N3O. The van der Waals surface area contributed by atoms with Crippen LogP contribution >= 0.6 is 0 Å². The van der Waals surface area contributed by atoms with Gasteiger partial charge in [0.1, 0.15) is 5.75 Å². The molecule has 0 bridgehead atoms. The van der Waals surface area contributed by atoms with Gasteiger partial charge in [-0.05, 0) is 12.5 Å². The molecule has 0 aliphatic rings. The van der Waals surface area contributed by atoms with Crippen molar-refractivity contribution >= 4 is 0 Å². The van der Waals surface area contributed by atoms with E-state index in [9.17, 15) is 0 Å². The number of pyridine rings is 1. The smallest absolute Gasteiger partial charge is 0.137 e. The first-order valence-electron chi connectivity index (χ1n) is 5.09. The number of ether oxygens (including phenoxy) is 1. The zero-order valence-corrected chi connectivity index (χ0v) is 9.47. The summed E-state index contributed by atoms with van der Waals surface area (Å²) in [6, 6.07) is 2.06. The van der Waals surface area contributed by atoms with Crippen LogP contribution in [0.2, 0.25) is 0 Å². The van der Waals surface area contributed by atoms with E-state index >= 15 is 0 Å². The molecule has 0 aliphatic carbocycles. The molecule has 0 aromatic carbocycles. The Morgan fingerprint density at radius 2 is 2.27 bits per heavy atom. The van der Waals surface area contributed by atoms with E-state index in [1.165, 1.54) is 0 Å². The van der Waals surface area contributed by atoms with Gasteiger partial charge in [0.25, 0.3) is 0 Å². The third kappa shape index (κ3) is 3.31. The van der Waals surface area contributed by atoms with E-state index in [-0.39, 0.29) is 6.04 Å². The van der Waals surface area contributed by atoms with Crippen LogP contribution < -0.4 is 4.74 Å². The monoisotopic (exact) mass is 207 g/mol. The van der Waals surface area contributed by atoms with Gasteiger partial charge in [-0.25, -0.2) is 0 Å². The van der Waals surface area contributed by atoms with E-state index in [4.69, 9.17) is 4.74 Å². The molecule has 82 valence electrons. The quantitative estimate of drug-likeness (QED) is 0.697. The molecule has 0 saturated heterocycles. The van der Waals surface area contributed by atoms with Crippen LogP contribution in [-0.4, -0.2) is 19.1 Å². The minimum Gasteiger partial charge on any atom is -0.495 e. The summed E-state index contributed by atoms with van der Waals surface area (Å²) in [4.78, 5) is 4.11. The first kappa shape index (κ1) is 11.6. The normalized spacial score (nSPS) is 13.0. The fourth-order valence-corrected chi connectivity index (χ4v) is 1.43. The molecule has 0 spiro atoms. The molecular weight excluding hydrogens is 190 g/mol. The van der Waals surface area contributed by atoms with Gasteiger partial charge in [-0.1, -0.05) is 13.3 Å². The average Bonchev–Trinajstić information content (AvgIpc) is 2.29. The van der Waals surface area contributed by atoms with E-state index < -0.39 is 0 Å². The molecule has 0 aliphatic heterocycles. The molecule has 1 unspecified atom stereocenters. The summed E-state index contributed by atoms with van der Waals surface area (Å²) in [5.74, 6) is 0.764. The Kier molecular flexibility index (Phi) is 4.74. The molecule has 1 atom stereocenters. The highest BCUT2D eigenvalue weighted by Gasteiger charge is 2.10. The zero-order chi connectivity index (χ0) is 11.1. The van der Waals surface area contributed by atoms with Gasteiger partial charge in [0.15, 0.2) is 0 Å².